The fourth-order valence-corrected chi connectivity index (χ4v) is 12.2. The van der Waals surface area contributed by atoms with Crippen LogP contribution in [0.2, 0.25) is 0 Å². The van der Waals surface area contributed by atoms with Crippen LogP contribution in [0.4, 0.5) is 4.39 Å². The molecule has 2 aromatic heterocycles. The van der Waals surface area contributed by atoms with Crippen LogP contribution in [0, 0.1) is 17.8 Å². The van der Waals surface area contributed by atoms with E-state index >= 15 is 0 Å². The molecule has 0 bridgehead atoms. The van der Waals surface area contributed by atoms with E-state index in [4.69, 9.17) is 33.2 Å². The number of pyridine rings is 1. The van der Waals surface area contributed by atoms with Crippen molar-refractivity contribution in [2.24, 2.45) is 17.8 Å². The van der Waals surface area contributed by atoms with Gasteiger partial charge in [-0.05, 0) is 105 Å². The first-order valence-electron chi connectivity index (χ1n) is 27.9. The van der Waals surface area contributed by atoms with E-state index in [9.17, 15) is 45.0 Å². The van der Waals surface area contributed by atoms with Crippen molar-refractivity contribution in [3.8, 4) is 11.1 Å². The van der Waals surface area contributed by atoms with E-state index in [1.54, 1.807) is 66.8 Å². The van der Waals surface area contributed by atoms with Gasteiger partial charge in [0.05, 0.1) is 52.8 Å². The number of halogens is 1. The van der Waals surface area contributed by atoms with Crippen LogP contribution in [0.5, 0.6) is 0 Å². The first-order valence-corrected chi connectivity index (χ1v) is 27.9. The van der Waals surface area contributed by atoms with E-state index in [0.717, 1.165) is 10.3 Å². The molecule has 7 N–H and O–H groups in total. The number of likely N-dealkylation sites (N-methyl/N-ethyl adjacent to an activating group) is 2. The minimum Gasteiger partial charge on any atom is -0.459 e. The van der Waals surface area contributed by atoms with Crippen molar-refractivity contribution in [2.75, 3.05) is 48.1 Å². The number of methoxy groups -OCH3 is 2. The lowest BCUT2D eigenvalue weighted by atomic mass is 9.77. The summed E-state index contributed by atoms with van der Waals surface area (Å²) in [5.41, 5.74) is -1.52. The number of rotatable bonds is 17. The normalized spacial score (nSPS) is 37.5. The molecule has 0 saturated carbocycles. The second-order valence-corrected chi connectivity index (χ2v) is 23.5. The third-order valence-electron chi connectivity index (χ3n) is 17.2. The topological polar surface area (TPSA) is 264 Å². The van der Waals surface area contributed by atoms with Crippen LogP contribution in [-0.2, 0) is 51.0 Å². The molecule has 79 heavy (non-hydrogen) atoms. The van der Waals surface area contributed by atoms with Crippen LogP contribution in [0.25, 0.3) is 11.1 Å². The average Bonchev–Trinajstić information content (AvgIpc) is 3.90. The Morgan fingerprint density at radius 2 is 1.62 bits per heavy atom. The fourth-order valence-electron chi connectivity index (χ4n) is 12.2. The third-order valence-corrected chi connectivity index (χ3v) is 17.2. The van der Waals surface area contributed by atoms with Crippen LogP contribution < -0.4 is 4.73 Å². The summed E-state index contributed by atoms with van der Waals surface area (Å²) in [5, 5.41) is 88.3. The zero-order valence-corrected chi connectivity index (χ0v) is 48.8. The van der Waals surface area contributed by atoms with E-state index in [-0.39, 0.29) is 31.8 Å². The number of nitrogens with zero attached hydrogens (tertiary/aromatic N) is 6. The predicted molar refractivity (Wildman–Crippen MR) is 287 cm³/mol. The molecule has 3 aliphatic rings. The Balaban J connectivity index is 1.24. The summed E-state index contributed by atoms with van der Waals surface area (Å²) in [4.78, 5) is 18.4. The Labute approximate surface area is 465 Å². The first kappa shape index (κ1) is 64.3. The Bertz CT molecular complexity index is 2400. The molecule has 6 rings (SSSR count). The smallest absolute Gasteiger partial charge is 0.311 e. The number of hydrogen-bond donors (Lipinski definition) is 7. The largest absolute Gasteiger partial charge is 0.459 e. The summed E-state index contributed by atoms with van der Waals surface area (Å²) in [5.74, 6) is -2.93. The summed E-state index contributed by atoms with van der Waals surface area (Å²) in [6.45, 7) is 17.0. The molecule has 0 spiro atoms. The number of aliphatic hydroxyl groups is 6. The Morgan fingerprint density at radius 1 is 0.949 bits per heavy atom. The SMILES string of the molecule is CC[C@H]1OC(=O)[C@H](C)[C@@H](O[C@H]2C[C@@](C)(OC)[C@@H](O)[C@H](C)O2)[C@H](C)[C@@H](O[C@@H]2O[C@H](C)C[C@H](N(C)CCc3cn([C@H](CF)[C@H](OC)c4ccc(-c5ccc(CO)[n+](O)c5)cc4)nn3)[C@H]2O)[C@](C)(O)C[C@@H](C)CN(C)[C@H](C)[C@@H](O)[C@]1(C)O. The maximum absolute atomic E-state index is 15.0. The monoisotopic (exact) mass is 1120 g/mol. The molecule has 20 atom stereocenters. The molecule has 5 heterocycles. The maximum atomic E-state index is 15.0. The quantitative estimate of drug-likeness (QED) is 0.0578. The fraction of sp³-hybridized carbons (Fsp3) is 0.754. The summed E-state index contributed by atoms with van der Waals surface area (Å²) in [6, 6.07) is 8.76. The summed E-state index contributed by atoms with van der Waals surface area (Å²) in [6.07, 6.45) is -6.83. The highest BCUT2D eigenvalue weighted by Crippen LogP contribution is 2.41. The van der Waals surface area contributed by atoms with E-state index in [0.29, 0.717) is 48.4 Å². The van der Waals surface area contributed by atoms with Crippen molar-refractivity contribution in [1.29, 1.82) is 0 Å². The third kappa shape index (κ3) is 14.7. The molecular weight excluding hydrogens is 1030 g/mol. The minimum atomic E-state index is -1.86. The first-order chi connectivity index (χ1) is 37.1. The van der Waals surface area contributed by atoms with Crippen molar-refractivity contribution in [3.63, 3.8) is 0 Å². The molecule has 21 nitrogen and oxygen atoms in total. The Morgan fingerprint density at radius 3 is 2.23 bits per heavy atom. The van der Waals surface area contributed by atoms with E-state index in [1.807, 2.05) is 62.0 Å². The second kappa shape index (κ2) is 27.0. The number of esters is 1. The molecule has 3 aromatic rings. The number of benzene rings is 1. The zero-order valence-electron chi connectivity index (χ0n) is 48.8. The number of ether oxygens (including phenoxy) is 7. The number of hydrogen-bond acceptors (Lipinski definition) is 19. The van der Waals surface area contributed by atoms with Crippen LogP contribution in [0.3, 0.4) is 0 Å². The zero-order chi connectivity index (χ0) is 58.5. The summed E-state index contributed by atoms with van der Waals surface area (Å²) < 4.78 is 61.5. The number of carbonyl (C=O) groups is 1. The number of aromatic nitrogens is 4. The van der Waals surface area contributed by atoms with Gasteiger partial charge in [-0.1, -0.05) is 50.3 Å². The predicted octanol–water partition coefficient (Wildman–Crippen LogP) is 3.69. The minimum absolute atomic E-state index is 0.0734. The van der Waals surface area contributed by atoms with Gasteiger partial charge in [-0.2, -0.15) is 0 Å². The lowest BCUT2D eigenvalue weighted by molar-refractivity contribution is -0.910. The molecular formula is C57H92FN6O15+. The number of alkyl halides is 1. The Kier molecular flexibility index (Phi) is 22.0. The van der Waals surface area contributed by atoms with Gasteiger partial charge in [0, 0.05) is 75.1 Å². The van der Waals surface area contributed by atoms with Crippen LogP contribution in [-0.4, -0.2) is 205 Å². The van der Waals surface area contributed by atoms with E-state index < -0.39 is 127 Å². The van der Waals surface area contributed by atoms with Crippen molar-refractivity contribution >= 4 is 5.97 Å². The molecule has 0 aliphatic carbocycles. The van der Waals surface area contributed by atoms with Gasteiger partial charge < -0.3 is 73.6 Å². The molecule has 3 saturated heterocycles. The standard InChI is InChI=1S/C57H92FN6O15/c1-15-45-57(10,71)50(67)36(6)62(12)28-32(2)25-55(8,70)52(34(4)48(35(5)53(69)77-45)78-46-26-56(9,74-14)51(68)37(7)76-46)79-54-47(66)43(24-33(3)75-54)61(11)23-22-41-30-63(60-59-41)44(27-58)49(73-13)39-18-16-38(17-19-39)40-20-21-42(31-65)64(72)29-40/h16-21,29-30,32-37,43-52,54,65-68,70-72H,15,22-28,31H2,1-14H3/q+1/t32-,33-,34+,35-,36-,37+,43+,44-,45-,46+,47-,48+,49-,50-,51+,52-,54+,55-,56-,57-/m1/s1. The van der Waals surface area contributed by atoms with Gasteiger partial charge in [0.1, 0.15) is 55.4 Å². The molecule has 0 radical (unpaired) electrons. The molecule has 0 amide bonds. The second-order valence-electron chi connectivity index (χ2n) is 23.5. The van der Waals surface area contributed by atoms with Gasteiger partial charge >= 0.3 is 5.97 Å². The van der Waals surface area contributed by atoms with Gasteiger partial charge in [0.15, 0.2) is 12.6 Å². The number of carbonyl (C=O) groups excluding carboxylic acids is 1. The highest BCUT2D eigenvalue weighted by Gasteiger charge is 2.53. The molecule has 3 fully saturated rings. The molecule has 0 unspecified atom stereocenters. The molecule has 1 aromatic carbocycles. The van der Waals surface area contributed by atoms with Crippen molar-refractivity contribution in [3.05, 3.63) is 65.7 Å². The van der Waals surface area contributed by atoms with Gasteiger partial charge in [-0.3, -0.25) is 10.0 Å². The number of aliphatic hydroxyl groups excluding tert-OH is 4. The van der Waals surface area contributed by atoms with Gasteiger partial charge in [0.25, 0.3) is 5.69 Å². The van der Waals surface area contributed by atoms with E-state index in [2.05, 4.69) is 10.3 Å². The highest BCUT2D eigenvalue weighted by molar-refractivity contribution is 5.73. The number of cyclic esters (lactones) is 1. The molecule has 3 aliphatic heterocycles. The maximum Gasteiger partial charge on any atom is 0.311 e. The summed E-state index contributed by atoms with van der Waals surface area (Å²) >= 11 is 0. The lowest BCUT2D eigenvalue weighted by Crippen LogP contribution is -2.61. The van der Waals surface area contributed by atoms with Crippen molar-refractivity contribution in [1.82, 2.24) is 24.8 Å². The van der Waals surface area contributed by atoms with Crippen LogP contribution in [0.1, 0.15) is 124 Å². The van der Waals surface area contributed by atoms with Gasteiger partial charge in [-0.25, -0.2) is 9.07 Å². The van der Waals surface area contributed by atoms with Crippen LogP contribution >= 0.6 is 0 Å². The van der Waals surface area contributed by atoms with E-state index in [1.165, 1.54) is 32.0 Å². The average molecular weight is 1120 g/mol. The van der Waals surface area contributed by atoms with Crippen LogP contribution in [0.15, 0.2) is 48.8 Å². The summed E-state index contributed by atoms with van der Waals surface area (Å²) in [7, 11) is 6.68. The molecule has 446 valence electrons. The molecule has 22 heteroatoms. The van der Waals surface area contributed by atoms with Gasteiger partial charge in [-0.15, -0.1) is 5.10 Å². The Hall–Kier alpha value is -3.85. The highest BCUT2D eigenvalue weighted by atomic mass is 19.1. The van der Waals surface area contributed by atoms with Gasteiger partial charge in [0.2, 0.25) is 6.20 Å². The van der Waals surface area contributed by atoms with Crippen molar-refractivity contribution < 1.29 is 82.9 Å². The van der Waals surface area contributed by atoms with Crippen molar-refractivity contribution in [2.45, 2.75) is 210 Å². The lowest BCUT2D eigenvalue weighted by Gasteiger charge is -2.49.